The molecule has 0 saturated heterocycles. The molecule has 0 saturated carbocycles. The summed E-state index contributed by atoms with van der Waals surface area (Å²) in [5, 5.41) is 12.3. The number of nitrogens with zero attached hydrogens (tertiary/aromatic N) is 1. The Morgan fingerprint density at radius 1 is 1.14 bits per heavy atom. The van der Waals surface area contributed by atoms with E-state index in [4.69, 9.17) is 10.2 Å². The first-order valence-corrected chi connectivity index (χ1v) is 7.11. The van der Waals surface area contributed by atoms with Crippen molar-refractivity contribution in [3.63, 3.8) is 0 Å². The molecule has 1 aromatic carbocycles. The number of hydroxylamine groups is 2. The molecule has 2 rings (SSSR count). The van der Waals surface area contributed by atoms with Gasteiger partial charge in [-0.3, -0.25) is 9.59 Å². The van der Waals surface area contributed by atoms with Crippen molar-refractivity contribution in [2.24, 2.45) is 0 Å². The smallest absolute Gasteiger partial charge is 0.392 e. The fourth-order valence-corrected chi connectivity index (χ4v) is 2.26. The molecule has 1 aliphatic rings. The SMILES string of the molecule is O=C1c2ccc(CO)cc2C(=O)N1OS(=O)(=O)C(F)(F)CO. The van der Waals surface area contributed by atoms with Gasteiger partial charge in [0.25, 0.3) is 11.8 Å². The molecule has 11 heteroatoms. The van der Waals surface area contributed by atoms with Crippen LogP contribution in [0.15, 0.2) is 18.2 Å². The molecule has 0 atom stereocenters. The highest BCUT2D eigenvalue weighted by molar-refractivity contribution is 7.87. The number of aliphatic hydroxyl groups is 2. The summed E-state index contributed by atoms with van der Waals surface area (Å²) < 4.78 is 52.5. The van der Waals surface area contributed by atoms with E-state index in [0.717, 1.165) is 12.1 Å². The van der Waals surface area contributed by atoms with Gasteiger partial charge in [0.15, 0.2) is 0 Å². The van der Waals surface area contributed by atoms with Gasteiger partial charge in [-0.1, -0.05) is 6.07 Å². The number of hydrogen-bond donors (Lipinski definition) is 2. The van der Waals surface area contributed by atoms with Crippen LogP contribution in [0.4, 0.5) is 8.78 Å². The highest BCUT2D eigenvalue weighted by atomic mass is 32.2. The number of hydrogen-bond acceptors (Lipinski definition) is 7. The molecule has 1 aliphatic heterocycles. The molecule has 22 heavy (non-hydrogen) atoms. The number of carbonyl (C=O) groups excluding carboxylic acids is 2. The van der Waals surface area contributed by atoms with E-state index >= 15 is 0 Å². The van der Waals surface area contributed by atoms with Crippen LogP contribution >= 0.6 is 0 Å². The van der Waals surface area contributed by atoms with Crippen molar-refractivity contribution in [1.29, 1.82) is 0 Å². The number of benzene rings is 1. The summed E-state index contributed by atoms with van der Waals surface area (Å²) >= 11 is 0. The number of rotatable bonds is 5. The summed E-state index contributed by atoms with van der Waals surface area (Å²) in [5.74, 6) is -2.52. The van der Waals surface area contributed by atoms with Crippen molar-refractivity contribution < 1.29 is 41.3 Å². The van der Waals surface area contributed by atoms with Crippen LogP contribution in [0.3, 0.4) is 0 Å². The van der Waals surface area contributed by atoms with Crippen molar-refractivity contribution in [2.75, 3.05) is 6.61 Å². The maximum absolute atomic E-state index is 13.0. The summed E-state index contributed by atoms with van der Waals surface area (Å²) in [7, 11) is -5.74. The third-order valence-corrected chi connectivity index (χ3v) is 4.02. The zero-order chi connectivity index (χ0) is 16.7. The Morgan fingerprint density at radius 3 is 2.27 bits per heavy atom. The topological polar surface area (TPSA) is 121 Å². The molecule has 0 aromatic heterocycles. The van der Waals surface area contributed by atoms with Crippen LogP contribution in [-0.2, 0) is 21.0 Å². The van der Waals surface area contributed by atoms with Gasteiger partial charge in [0, 0.05) is 0 Å². The van der Waals surface area contributed by atoms with Gasteiger partial charge in [-0.05, 0) is 17.7 Å². The molecular formula is C11H9F2NO7S. The molecular weight excluding hydrogens is 328 g/mol. The van der Waals surface area contributed by atoms with E-state index in [1.807, 2.05) is 0 Å². The van der Waals surface area contributed by atoms with E-state index in [-0.39, 0.29) is 21.8 Å². The van der Waals surface area contributed by atoms with Gasteiger partial charge in [-0.2, -0.15) is 17.2 Å². The number of imide groups is 1. The molecule has 120 valence electrons. The van der Waals surface area contributed by atoms with E-state index in [0.29, 0.717) is 0 Å². The van der Waals surface area contributed by atoms with Gasteiger partial charge >= 0.3 is 15.4 Å². The number of carbonyl (C=O) groups is 2. The zero-order valence-corrected chi connectivity index (χ0v) is 11.5. The van der Waals surface area contributed by atoms with Crippen LogP contribution in [-0.4, -0.2) is 47.4 Å². The Morgan fingerprint density at radius 2 is 1.73 bits per heavy atom. The second-order valence-electron chi connectivity index (χ2n) is 4.27. The first-order chi connectivity index (χ1) is 10.1. The second kappa shape index (κ2) is 5.35. The molecule has 0 radical (unpaired) electrons. The first kappa shape index (κ1) is 16.4. The maximum Gasteiger partial charge on any atom is 0.394 e. The second-order valence-corrected chi connectivity index (χ2v) is 5.92. The molecule has 1 aromatic rings. The lowest BCUT2D eigenvalue weighted by molar-refractivity contribution is -0.0352. The molecule has 0 aliphatic carbocycles. The number of halogens is 2. The Balaban J connectivity index is 2.37. The predicted molar refractivity (Wildman–Crippen MR) is 64.9 cm³/mol. The Hall–Kier alpha value is -1.95. The molecule has 2 N–H and O–H groups in total. The van der Waals surface area contributed by atoms with E-state index in [1.54, 1.807) is 0 Å². The van der Waals surface area contributed by atoms with E-state index in [9.17, 15) is 26.8 Å². The maximum atomic E-state index is 13.0. The van der Waals surface area contributed by atoms with Crippen molar-refractivity contribution in [3.8, 4) is 0 Å². The minimum atomic E-state index is -5.74. The van der Waals surface area contributed by atoms with Crippen LogP contribution in [0.5, 0.6) is 0 Å². The molecule has 1 heterocycles. The average Bonchev–Trinajstić information content (AvgIpc) is 2.71. The Kier molecular flexibility index (Phi) is 4.00. The van der Waals surface area contributed by atoms with Crippen molar-refractivity contribution >= 4 is 21.9 Å². The summed E-state index contributed by atoms with van der Waals surface area (Å²) in [5.41, 5.74) is -0.297. The molecule has 2 amide bonds. The zero-order valence-electron chi connectivity index (χ0n) is 10.7. The van der Waals surface area contributed by atoms with Gasteiger partial charge in [0.1, 0.15) is 6.61 Å². The van der Waals surface area contributed by atoms with Crippen LogP contribution in [0.2, 0.25) is 0 Å². The molecule has 8 nitrogen and oxygen atoms in total. The predicted octanol–water partition coefficient (Wildman–Crippen LogP) is -0.379. The third-order valence-electron chi connectivity index (χ3n) is 2.82. The Bertz CT molecular complexity index is 747. The highest BCUT2D eigenvalue weighted by Gasteiger charge is 2.50. The largest absolute Gasteiger partial charge is 0.394 e. The van der Waals surface area contributed by atoms with Gasteiger partial charge in [-0.25, -0.2) is 0 Å². The third kappa shape index (κ3) is 2.47. The monoisotopic (exact) mass is 337 g/mol. The van der Waals surface area contributed by atoms with E-state index < -0.39 is 40.4 Å². The molecule has 0 fully saturated rings. The van der Waals surface area contributed by atoms with Gasteiger partial charge in [0.05, 0.1) is 17.7 Å². The molecule has 0 unspecified atom stereocenters. The minimum absolute atomic E-state index is 0.255. The summed E-state index contributed by atoms with van der Waals surface area (Å²) in [4.78, 5) is 23.7. The van der Waals surface area contributed by atoms with E-state index in [2.05, 4.69) is 4.28 Å². The number of fused-ring (bicyclic) bond motifs is 1. The van der Waals surface area contributed by atoms with E-state index in [1.165, 1.54) is 6.07 Å². The number of alkyl halides is 2. The van der Waals surface area contributed by atoms with Crippen LogP contribution in [0.1, 0.15) is 26.3 Å². The fraction of sp³-hybridized carbons (Fsp3) is 0.273. The first-order valence-electron chi connectivity index (χ1n) is 5.70. The quantitative estimate of drug-likeness (QED) is 0.703. The normalized spacial score (nSPS) is 15.4. The van der Waals surface area contributed by atoms with Crippen LogP contribution in [0, 0.1) is 0 Å². The van der Waals surface area contributed by atoms with Crippen molar-refractivity contribution in [1.82, 2.24) is 5.06 Å². The number of aliphatic hydroxyl groups excluding tert-OH is 2. The summed E-state index contributed by atoms with van der Waals surface area (Å²) in [6.45, 7) is -2.52. The number of amides is 2. The highest BCUT2D eigenvalue weighted by Crippen LogP contribution is 2.29. The lowest BCUT2D eigenvalue weighted by Gasteiger charge is -2.17. The average molecular weight is 337 g/mol. The standard InChI is InChI=1S/C11H9F2NO7S/c12-11(13,5-16)22(19,20)21-14-9(17)7-2-1-6(4-15)3-8(7)10(14)18/h1-3,15-16H,4-5H2. The van der Waals surface area contributed by atoms with Crippen molar-refractivity contribution in [2.45, 2.75) is 11.9 Å². The van der Waals surface area contributed by atoms with Crippen LogP contribution < -0.4 is 0 Å². The lowest BCUT2D eigenvalue weighted by atomic mass is 10.1. The minimum Gasteiger partial charge on any atom is -0.392 e. The molecule has 0 spiro atoms. The lowest BCUT2D eigenvalue weighted by Crippen LogP contribution is -2.41. The van der Waals surface area contributed by atoms with Gasteiger partial charge < -0.3 is 10.2 Å². The summed E-state index contributed by atoms with van der Waals surface area (Å²) in [6.07, 6.45) is 0. The van der Waals surface area contributed by atoms with Crippen LogP contribution in [0.25, 0.3) is 0 Å². The fourth-order valence-electron chi connectivity index (χ4n) is 1.66. The summed E-state index contributed by atoms with van der Waals surface area (Å²) in [6, 6.07) is 3.53. The molecule has 0 bridgehead atoms. The Labute approximate surface area is 122 Å². The van der Waals surface area contributed by atoms with Gasteiger partial charge in [-0.15, -0.1) is 9.35 Å². The van der Waals surface area contributed by atoms with Crippen molar-refractivity contribution in [3.05, 3.63) is 34.9 Å². The van der Waals surface area contributed by atoms with Gasteiger partial charge in [0.2, 0.25) is 0 Å².